The molecular weight excluding hydrogens is 299 g/mol. The van der Waals surface area contributed by atoms with Crippen LogP contribution in [0.5, 0.6) is 0 Å². The largest absolute Gasteiger partial charge is 0.351 e. The summed E-state index contributed by atoms with van der Waals surface area (Å²) < 4.78 is 0. The maximum atomic E-state index is 11.8. The van der Waals surface area contributed by atoms with Crippen LogP contribution in [-0.4, -0.2) is 48.0 Å². The number of carbonyl (C=O) groups is 1. The number of carbonyl (C=O) groups excluding carboxylic acids is 1. The van der Waals surface area contributed by atoms with Crippen LogP contribution in [0.4, 0.5) is 0 Å². The van der Waals surface area contributed by atoms with Gasteiger partial charge in [-0.05, 0) is 18.6 Å². The minimum atomic E-state index is 0. The van der Waals surface area contributed by atoms with Crippen molar-refractivity contribution in [2.75, 3.05) is 26.2 Å². The van der Waals surface area contributed by atoms with Gasteiger partial charge in [0.2, 0.25) is 5.91 Å². The standard InChI is InChI=1S/C13H20N4O.2ClH/c1-11-7-15-5-6-17(11)10-13(18)16-9-12-3-2-4-14-8-12;;/h2-4,8,11,15H,5-7,9-10H2,1H3,(H,16,18);2*1H/t11-;;/m0../s1. The van der Waals surface area contributed by atoms with Gasteiger partial charge in [-0.3, -0.25) is 14.7 Å². The lowest BCUT2D eigenvalue weighted by Crippen LogP contribution is -2.52. The van der Waals surface area contributed by atoms with Crippen molar-refractivity contribution in [3.05, 3.63) is 30.1 Å². The van der Waals surface area contributed by atoms with Crippen molar-refractivity contribution < 1.29 is 4.79 Å². The van der Waals surface area contributed by atoms with E-state index in [1.807, 2.05) is 12.1 Å². The Morgan fingerprint density at radius 3 is 3.00 bits per heavy atom. The van der Waals surface area contributed by atoms with Gasteiger partial charge in [-0.2, -0.15) is 0 Å². The van der Waals surface area contributed by atoms with Gasteiger partial charge in [0, 0.05) is 44.6 Å². The van der Waals surface area contributed by atoms with Crippen LogP contribution in [0.1, 0.15) is 12.5 Å². The number of aromatic nitrogens is 1. The molecule has 2 heterocycles. The van der Waals surface area contributed by atoms with Gasteiger partial charge in [0.05, 0.1) is 6.54 Å². The first-order valence-corrected chi connectivity index (χ1v) is 6.36. The van der Waals surface area contributed by atoms with Crippen molar-refractivity contribution in [3.8, 4) is 0 Å². The molecule has 5 nitrogen and oxygen atoms in total. The topological polar surface area (TPSA) is 57.3 Å². The van der Waals surface area contributed by atoms with Crippen molar-refractivity contribution in [3.63, 3.8) is 0 Å². The van der Waals surface area contributed by atoms with Crippen LogP contribution in [0.2, 0.25) is 0 Å². The molecule has 0 spiro atoms. The predicted molar refractivity (Wildman–Crippen MR) is 84.5 cm³/mol. The maximum Gasteiger partial charge on any atom is 0.234 e. The number of amides is 1. The zero-order valence-electron chi connectivity index (χ0n) is 11.5. The Morgan fingerprint density at radius 2 is 2.35 bits per heavy atom. The van der Waals surface area contributed by atoms with Crippen LogP contribution >= 0.6 is 24.8 Å². The predicted octanol–water partition coefficient (Wildman–Crippen LogP) is 0.835. The number of pyridine rings is 1. The second kappa shape index (κ2) is 9.94. The minimum absolute atomic E-state index is 0. The Morgan fingerprint density at radius 1 is 1.55 bits per heavy atom. The molecule has 0 aliphatic carbocycles. The Hall–Kier alpha value is -0.880. The first-order chi connectivity index (χ1) is 8.75. The molecule has 1 fully saturated rings. The van der Waals surface area contributed by atoms with Crippen LogP contribution < -0.4 is 10.6 Å². The highest BCUT2D eigenvalue weighted by Gasteiger charge is 2.19. The third kappa shape index (κ3) is 6.05. The first kappa shape index (κ1) is 19.1. The number of rotatable bonds is 4. The second-order valence-corrected chi connectivity index (χ2v) is 4.66. The highest BCUT2D eigenvalue weighted by Crippen LogP contribution is 2.01. The third-order valence-electron chi connectivity index (χ3n) is 3.20. The zero-order valence-corrected chi connectivity index (χ0v) is 13.2. The lowest BCUT2D eigenvalue weighted by Gasteiger charge is -2.33. The molecule has 1 aliphatic heterocycles. The van der Waals surface area contributed by atoms with Crippen LogP contribution in [0.15, 0.2) is 24.5 Å². The molecule has 20 heavy (non-hydrogen) atoms. The van der Waals surface area contributed by atoms with Gasteiger partial charge >= 0.3 is 0 Å². The maximum absolute atomic E-state index is 11.8. The van der Waals surface area contributed by atoms with Crippen molar-refractivity contribution in [1.82, 2.24) is 20.5 Å². The van der Waals surface area contributed by atoms with E-state index in [1.165, 1.54) is 0 Å². The van der Waals surface area contributed by atoms with E-state index in [9.17, 15) is 4.79 Å². The van der Waals surface area contributed by atoms with Crippen molar-refractivity contribution in [2.24, 2.45) is 0 Å². The molecule has 0 radical (unpaired) electrons. The van der Waals surface area contributed by atoms with E-state index in [-0.39, 0.29) is 30.7 Å². The van der Waals surface area contributed by atoms with Crippen molar-refractivity contribution in [2.45, 2.75) is 19.5 Å². The summed E-state index contributed by atoms with van der Waals surface area (Å²) in [5.41, 5.74) is 1.03. The molecular formula is C13H22Cl2N4O. The molecule has 1 aromatic heterocycles. The SMILES string of the molecule is C[C@H]1CNCCN1CC(=O)NCc1cccnc1.Cl.Cl. The lowest BCUT2D eigenvalue weighted by atomic mass is 10.2. The number of hydrogen-bond acceptors (Lipinski definition) is 4. The van der Waals surface area contributed by atoms with Gasteiger partial charge in [0.1, 0.15) is 0 Å². The summed E-state index contributed by atoms with van der Waals surface area (Å²) in [5, 5.41) is 6.24. The van der Waals surface area contributed by atoms with E-state index in [0.29, 0.717) is 19.1 Å². The van der Waals surface area contributed by atoms with E-state index < -0.39 is 0 Å². The molecule has 1 aliphatic rings. The summed E-state index contributed by atoms with van der Waals surface area (Å²) in [6.45, 7) is 6.01. The molecule has 1 atom stereocenters. The minimum Gasteiger partial charge on any atom is -0.351 e. The quantitative estimate of drug-likeness (QED) is 0.863. The van der Waals surface area contributed by atoms with Gasteiger partial charge in [-0.25, -0.2) is 0 Å². The fourth-order valence-electron chi connectivity index (χ4n) is 2.06. The molecule has 0 saturated carbocycles. The fourth-order valence-corrected chi connectivity index (χ4v) is 2.06. The first-order valence-electron chi connectivity index (χ1n) is 6.36. The highest BCUT2D eigenvalue weighted by atomic mass is 35.5. The Bertz CT molecular complexity index is 391. The molecule has 1 saturated heterocycles. The van der Waals surface area contributed by atoms with E-state index in [0.717, 1.165) is 25.2 Å². The summed E-state index contributed by atoms with van der Waals surface area (Å²) in [6, 6.07) is 4.25. The van der Waals surface area contributed by atoms with Crippen LogP contribution in [-0.2, 0) is 11.3 Å². The smallest absolute Gasteiger partial charge is 0.234 e. The molecule has 0 unspecified atom stereocenters. The average Bonchev–Trinajstić information content (AvgIpc) is 2.40. The number of nitrogens with zero attached hydrogens (tertiary/aromatic N) is 2. The average molecular weight is 321 g/mol. The van der Waals surface area contributed by atoms with Crippen LogP contribution in [0, 0.1) is 0 Å². The lowest BCUT2D eigenvalue weighted by molar-refractivity contribution is -0.123. The van der Waals surface area contributed by atoms with E-state index in [1.54, 1.807) is 12.4 Å². The normalized spacial score (nSPS) is 18.6. The van der Waals surface area contributed by atoms with Gasteiger partial charge in [-0.1, -0.05) is 6.07 Å². The monoisotopic (exact) mass is 320 g/mol. The molecule has 2 N–H and O–H groups in total. The second-order valence-electron chi connectivity index (χ2n) is 4.66. The van der Waals surface area contributed by atoms with Gasteiger partial charge in [-0.15, -0.1) is 24.8 Å². The molecule has 7 heteroatoms. The molecule has 2 rings (SSSR count). The van der Waals surface area contributed by atoms with E-state index in [4.69, 9.17) is 0 Å². The van der Waals surface area contributed by atoms with Gasteiger partial charge in [0.25, 0.3) is 0 Å². The highest BCUT2D eigenvalue weighted by molar-refractivity contribution is 5.85. The molecule has 0 bridgehead atoms. The summed E-state index contributed by atoms with van der Waals surface area (Å²) in [7, 11) is 0. The summed E-state index contributed by atoms with van der Waals surface area (Å²) in [5.74, 6) is 0.0765. The third-order valence-corrected chi connectivity index (χ3v) is 3.20. The molecule has 0 aromatic carbocycles. The van der Waals surface area contributed by atoms with Crippen molar-refractivity contribution >= 4 is 30.7 Å². The molecule has 1 aromatic rings. The number of halogens is 2. The Kier molecular flexibility index (Phi) is 9.50. The van der Waals surface area contributed by atoms with Crippen molar-refractivity contribution in [1.29, 1.82) is 0 Å². The van der Waals surface area contributed by atoms with Crippen LogP contribution in [0.3, 0.4) is 0 Å². The summed E-state index contributed by atoms with van der Waals surface area (Å²) in [4.78, 5) is 18.1. The number of hydrogen-bond donors (Lipinski definition) is 2. The Balaban J connectivity index is 0.00000180. The van der Waals surface area contributed by atoms with E-state index >= 15 is 0 Å². The van der Waals surface area contributed by atoms with E-state index in [2.05, 4.69) is 27.4 Å². The van der Waals surface area contributed by atoms with Gasteiger partial charge < -0.3 is 10.6 Å². The fraction of sp³-hybridized carbons (Fsp3) is 0.538. The zero-order chi connectivity index (χ0) is 12.8. The van der Waals surface area contributed by atoms with Crippen LogP contribution in [0.25, 0.3) is 0 Å². The Labute approximate surface area is 132 Å². The number of nitrogens with one attached hydrogen (secondary N) is 2. The number of piperazine rings is 1. The molecule has 1 amide bonds. The molecule has 114 valence electrons. The van der Waals surface area contributed by atoms with Gasteiger partial charge in [0.15, 0.2) is 0 Å². The summed E-state index contributed by atoms with van der Waals surface area (Å²) in [6.07, 6.45) is 3.50. The summed E-state index contributed by atoms with van der Waals surface area (Å²) >= 11 is 0.